The number of thioether (sulfide) groups is 1. The minimum Gasteiger partial charge on any atom is -0.454 e. The average molecular weight is 362 g/mol. The molecule has 25 heavy (non-hydrogen) atoms. The summed E-state index contributed by atoms with van der Waals surface area (Å²) in [5.41, 5.74) is 2.64. The summed E-state index contributed by atoms with van der Waals surface area (Å²) in [6, 6.07) is 5.13. The molecule has 1 aromatic rings. The number of para-hydroxylation sites is 1. The minimum atomic E-state index is -0.599. The highest BCUT2D eigenvalue weighted by molar-refractivity contribution is 8.01. The molecular weight excluding hydrogens is 340 g/mol. The molecule has 2 atom stereocenters. The maximum absolute atomic E-state index is 12.4. The van der Waals surface area contributed by atoms with Crippen LogP contribution in [-0.2, 0) is 19.1 Å². The number of nitrogens with zero attached hydrogens (tertiary/aromatic N) is 1. The van der Waals surface area contributed by atoms with E-state index in [2.05, 4.69) is 5.32 Å². The third-order valence-corrected chi connectivity index (χ3v) is 6.31. The van der Waals surface area contributed by atoms with E-state index in [4.69, 9.17) is 4.74 Å². The Morgan fingerprint density at radius 1 is 1.36 bits per heavy atom. The first-order valence-electron chi connectivity index (χ1n) is 8.30. The first-order chi connectivity index (χ1) is 11.8. The Morgan fingerprint density at radius 2 is 2.04 bits per heavy atom. The van der Waals surface area contributed by atoms with Crippen molar-refractivity contribution >= 4 is 35.2 Å². The molecule has 2 heterocycles. The first kappa shape index (κ1) is 17.8. The van der Waals surface area contributed by atoms with Crippen molar-refractivity contribution in [1.29, 1.82) is 0 Å². The standard InChI is InChI=1S/C18H22N2O4S/c1-11-5-4-6-12(2)16(11)19-14(21)9-24-17(23)13-10-25-18(3)8-7-15(22)20(13)18/h4-6,13H,7-10H2,1-3H3,(H,19,21)/t13-,18+/m0/s1. The summed E-state index contributed by atoms with van der Waals surface area (Å²) in [4.78, 5) is 37.8. The monoisotopic (exact) mass is 362 g/mol. The Labute approximate surface area is 151 Å². The van der Waals surface area contributed by atoms with Crippen LogP contribution in [0.25, 0.3) is 0 Å². The number of hydrogen-bond acceptors (Lipinski definition) is 5. The lowest BCUT2D eigenvalue weighted by atomic mass is 10.1. The van der Waals surface area contributed by atoms with Crippen molar-refractivity contribution in [3.05, 3.63) is 29.3 Å². The molecule has 2 aliphatic rings. The molecule has 0 aromatic heterocycles. The molecule has 0 bridgehead atoms. The molecule has 7 heteroatoms. The second-order valence-corrected chi connectivity index (χ2v) is 8.19. The van der Waals surface area contributed by atoms with Gasteiger partial charge in [-0.15, -0.1) is 11.8 Å². The van der Waals surface area contributed by atoms with Crippen LogP contribution in [0.15, 0.2) is 18.2 Å². The van der Waals surface area contributed by atoms with E-state index in [9.17, 15) is 14.4 Å². The molecule has 134 valence electrons. The fourth-order valence-corrected chi connectivity index (χ4v) is 4.83. The van der Waals surface area contributed by atoms with Crippen LogP contribution in [0.2, 0.25) is 0 Å². The summed E-state index contributed by atoms with van der Waals surface area (Å²) < 4.78 is 5.18. The number of carbonyl (C=O) groups excluding carboxylic acids is 3. The SMILES string of the molecule is Cc1cccc(C)c1NC(=O)COC(=O)[C@@H]1CS[C@]2(C)CCC(=O)N12. The Kier molecular flexibility index (Phi) is 4.77. The minimum absolute atomic E-state index is 0.0190. The molecule has 2 amide bonds. The number of amides is 2. The van der Waals surface area contributed by atoms with Crippen molar-refractivity contribution < 1.29 is 19.1 Å². The quantitative estimate of drug-likeness (QED) is 0.832. The number of rotatable bonds is 4. The smallest absolute Gasteiger partial charge is 0.330 e. The van der Waals surface area contributed by atoms with Crippen LogP contribution in [0, 0.1) is 13.8 Å². The van der Waals surface area contributed by atoms with Gasteiger partial charge in [-0.25, -0.2) is 4.79 Å². The normalized spacial score (nSPS) is 25.0. The third kappa shape index (κ3) is 3.38. The van der Waals surface area contributed by atoms with E-state index in [-0.39, 0.29) is 23.3 Å². The molecule has 1 aromatic carbocycles. The predicted octanol–water partition coefficient (Wildman–Crippen LogP) is 2.24. The Bertz CT molecular complexity index is 716. The van der Waals surface area contributed by atoms with E-state index < -0.39 is 12.0 Å². The van der Waals surface area contributed by atoms with Crippen LogP contribution in [0.3, 0.4) is 0 Å². The second-order valence-electron chi connectivity index (χ2n) is 6.69. The number of esters is 1. The summed E-state index contributed by atoms with van der Waals surface area (Å²) in [6.07, 6.45) is 1.20. The fraction of sp³-hybridized carbons (Fsp3) is 0.500. The van der Waals surface area contributed by atoms with Crippen LogP contribution < -0.4 is 5.32 Å². The Hall–Kier alpha value is -2.02. The van der Waals surface area contributed by atoms with E-state index >= 15 is 0 Å². The molecule has 2 aliphatic heterocycles. The highest BCUT2D eigenvalue weighted by atomic mass is 32.2. The van der Waals surface area contributed by atoms with Gasteiger partial charge in [0.15, 0.2) is 6.61 Å². The van der Waals surface area contributed by atoms with Gasteiger partial charge < -0.3 is 15.0 Å². The van der Waals surface area contributed by atoms with Crippen LogP contribution in [0.1, 0.15) is 30.9 Å². The lowest BCUT2D eigenvalue weighted by molar-refractivity contribution is -0.155. The molecule has 2 saturated heterocycles. The second kappa shape index (κ2) is 6.71. The van der Waals surface area contributed by atoms with Gasteiger partial charge in [-0.2, -0.15) is 0 Å². The lowest BCUT2D eigenvalue weighted by Crippen LogP contribution is -2.47. The zero-order valence-electron chi connectivity index (χ0n) is 14.6. The molecule has 2 fully saturated rings. The third-order valence-electron chi connectivity index (χ3n) is 4.81. The van der Waals surface area contributed by atoms with Crippen LogP contribution in [0.5, 0.6) is 0 Å². The van der Waals surface area contributed by atoms with E-state index in [1.54, 1.807) is 16.7 Å². The largest absolute Gasteiger partial charge is 0.454 e. The summed E-state index contributed by atoms with van der Waals surface area (Å²) >= 11 is 1.60. The van der Waals surface area contributed by atoms with Gasteiger partial charge in [0.25, 0.3) is 5.91 Å². The maximum atomic E-state index is 12.4. The molecule has 0 radical (unpaired) electrons. The van der Waals surface area contributed by atoms with Crippen molar-refractivity contribution in [2.24, 2.45) is 0 Å². The number of fused-ring (bicyclic) bond motifs is 1. The summed E-state index contributed by atoms with van der Waals surface area (Å²) in [6.45, 7) is 5.43. The van der Waals surface area contributed by atoms with Crippen molar-refractivity contribution in [3.8, 4) is 0 Å². The number of anilines is 1. The van der Waals surface area contributed by atoms with Gasteiger partial charge >= 0.3 is 5.97 Å². The lowest BCUT2D eigenvalue weighted by Gasteiger charge is -2.29. The van der Waals surface area contributed by atoms with Crippen molar-refractivity contribution in [2.45, 2.75) is 44.5 Å². The Balaban J connectivity index is 1.58. The number of aryl methyl sites for hydroxylation is 2. The van der Waals surface area contributed by atoms with Crippen LogP contribution >= 0.6 is 11.8 Å². The molecule has 3 rings (SSSR count). The fourth-order valence-electron chi connectivity index (χ4n) is 3.42. The number of benzene rings is 1. The number of carbonyl (C=O) groups is 3. The molecule has 0 spiro atoms. The topological polar surface area (TPSA) is 75.7 Å². The highest BCUT2D eigenvalue weighted by Crippen LogP contribution is 2.47. The average Bonchev–Trinajstić information content (AvgIpc) is 3.05. The molecule has 1 N–H and O–H groups in total. The molecular formula is C18H22N2O4S. The molecule has 6 nitrogen and oxygen atoms in total. The van der Waals surface area contributed by atoms with Gasteiger partial charge in [0.2, 0.25) is 5.91 Å². The van der Waals surface area contributed by atoms with Crippen LogP contribution in [0.4, 0.5) is 5.69 Å². The van der Waals surface area contributed by atoms with Gasteiger partial charge in [-0.1, -0.05) is 18.2 Å². The maximum Gasteiger partial charge on any atom is 0.330 e. The first-order valence-corrected chi connectivity index (χ1v) is 9.29. The zero-order chi connectivity index (χ0) is 18.2. The van der Waals surface area contributed by atoms with Gasteiger partial charge in [-0.05, 0) is 38.3 Å². The number of nitrogens with one attached hydrogen (secondary N) is 1. The van der Waals surface area contributed by atoms with Crippen LogP contribution in [-0.4, -0.2) is 46.0 Å². The summed E-state index contributed by atoms with van der Waals surface area (Å²) in [5, 5.41) is 2.79. The van der Waals surface area contributed by atoms with Gasteiger partial charge in [0, 0.05) is 17.9 Å². The Morgan fingerprint density at radius 3 is 2.72 bits per heavy atom. The van der Waals surface area contributed by atoms with E-state index in [1.165, 1.54) is 0 Å². The number of hydrogen-bond donors (Lipinski definition) is 1. The van der Waals surface area contributed by atoms with Crippen molar-refractivity contribution in [1.82, 2.24) is 4.90 Å². The summed E-state index contributed by atoms with van der Waals surface area (Å²) in [7, 11) is 0. The summed E-state index contributed by atoms with van der Waals surface area (Å²) in [5.74, 6) is -0.399. The molecule has 0 unspecified atom stereocenters. The van der Waals surface area contributed by atoms with Gasteiger partial charge in [0.05, 0.1) is 4.87 Å². The number of ether oxygens (including phenoxy) is 1. The van der Waals surface area contributed by atoms with Gasteiger partial charge in [-0.3, -0.25) is 9.59 Å². The molecule has 0 saturated carbocycles. The predicted molar refractivity (Wildman–Crippen MR) is 96.2 cm³/mol. The highest BCUT2D eigenvalue weighted by Gasteiger charge is 2.53. The van der Waals surface area contributed by atoms with Gasteiger partial charge in [0.1, 0.15) is 6.04 Å². The molecule has 0 aliphatic carbocycles. The van der Waals surface area contributed by atoms with Crippen molar-refractivity contribution in [3.63, 3.8) is 0 Å². The zero-order valence-corrected chi connectivity index (χ0v) is 15.4. The van der Waals surface area contributed by atoms with E-state index in [0.717, 1.165) is 23.2 Å². The van der Waals surface area contributed by atoms with E-state index in [1.807, 2.05) is 39.0 Å². The van der Waals surface area contributed by atoms with Crippen molar-refractivity contribution in [2.75, 3.05) is 17.7 Å². The van der Waals surface area contributed by atoms with E-state index in [0.29, 0.717) is 12.2 Å².